The summed E-state index contributed by atoms with van der Waals surface area (Å²) in [6.45, 7) is 0.470. The van der Waals surface area contributed by atoms with Crippen molar-refractivity contribution in [1.29, 1.82) is 0 Å². The lowest BCUT2D eigenvalue weighted by molar-refractivity contribution is -0.384. The SMILES string of the molecule is COc1ccc(C(=O)NCCc2nc(-c3ccc([N+](=O)[O-])cc3)cs2)cc1. The standard InChI is InChI=1S/C19H17N3O4S/c1-26-16-8-4-14(5-9-16)19(23)20-11-10-18-21-17(12-27-18)13-2-6-15(7-3-13)22(24)25/h2-9,12H,10-11H2,1H3,(H,20,23). The van der Waals surface area contributed by atoms with Crippen LogP contribution in [-0.4, -0.2) is 29.5 Å². The predicted octanol–water partition coefficient (Wildman–Crippen LogP) is 3.70. The Morgan fingerprint density at radius 2 is 1.89 bits per heavy atom. The van der Waals surface area contributed by atoms with Crippen molar-refractivity contribution in [3.05, 3.63) is 74.6 Å². The van der Waals surface area contributed by atoms with Crippen molar-refractivity contribution in [2.45, 2.75) is 6.42 Å². The minimum absolute atomic E-state index is 0.0513. The van der Waals surface area contributed by atoms with E-state index >= 15 is 0 Å². The number of nitro groups is 1. The van der Waals surface area contributed by atoms with Crippen LogP contribution < -0.4 is 10.1 Å². The maximum atomic E-state index is 12.1. The Bertz CT molecular complexity index is 936. The molecule has 1 N–H and O–H groups in total. The smallest absolute Gasteiger partial charge is 0.269 e. The first-order valence-corrected chi connectivity index (χ1v) is 9.06. The molecule has 3 aromatic rings. The van der Waals surface area contributed by atoms with Crippen LogP contribution in [0.15, 0.2) is 53.9 Å². The minimum atomic E-state index is -0.429. The van der Waals surface area contributed by atoms with E-state index < -0.39 is 4.92 Å². The topological polar surface area (TPSA) is 94.4 Å². The van der Waals surface area contributed by atoms with Crippen LogP contribution in [0.1, 0.15) is 15.4 Å². The molecular weight excluding hydrogens is 366 g/mol. The molecule has 0 aliphatic carbocycles. The Morgan fingerprint density at radius 1 is 1.19 bits per heavy atom. The van der Waals surface area contributed by atoms with Gasteiger partial charge in [-0.2, -0.15) is 0 Å². The highest BCUT2D eigenvalue weighted by atomic mass is 32.1. The number of nitrogens with one attached hydrogen (secondary N) is 1. The number of carbonyl (C=O) groups excluding carboxylic acids is 1. The number of benzene rings is 2. The van der Waals surface area contributed by atoms with Crippen LogP contribution in [0.2, 0.25) is 0 Å². The molecule has 1 heterocycles. The molecule has 0 aliphatic rings. The molecule has 138 valence electrons. The number of hydrogen-bond donors (Lipinski definition) is 1. The third kappa shape index (κ3) is 4.68. The summed E-state index contributed by atoms with van der Waals surface area (Å²) in [4.78, 5) is 26.9. The van der Waals surface area contributed by atoms with Gasteiger partial charge in [-0.25, -0.2) is 4.98 Å². The zero-order valence-electron chi connectivity index (χ0n) is 14.5. The average Bonchev–Trinajstić information content (AvgIpc) is 3.17. The molecule has 0 spiro atoms. The molecule has 0 fully saturated rings. The second-order valence-corrected chi connectivity index (χ2v) is 6.61. The molecule has 8 heteroatoms. The zero-order chi connectivity index (χ0) is 19.2. The number of non-ortho nitro benzene ring substituents is 1. The Labute approximate surface area is 159 Å². The van der Waals surface area contributed by atoms with E-state index in [0.29, 0.717) is 24.3 Å². The van der Waals surface area contributed by atoms with Crippen LogP contribution in [0.5, 0.6) is 5.75 Å². The number of amides is 1. The molecule has 0 unspecified atom stereocenters. The molecule has 2 aromatic carbocycles. The number of methoxy groups -OCH3 is 1. The Balaban J connectivity index is 1.54. The number of nitro benzene ring substituents is 1. The first-order chi connectivity index (χ1) is 13.1. The molecule has 0 bridgehead atoms. The lowest BCUT2D eigenvalue weighted by Gasteiger charge is -2.05. The summed E-state index contributed by atoms with van der Waals surface area (Å²) < 4.78 is 5.07. The van der Waals surface area contributed by atoms with Gasteiger partial charge in [0.1, 0.15) is 5.75 Å². The molecule has 0 saturated heterocycles. The highest BCUT2D eigenvalue weighted by Crippen LogP contribution is 2.24. The lowest BCUT2D eigenvalue weighted by Crippen LogP contribution is -2.25. The molecule has 27 heavy (non-hydrogen) atoms. The fourth-order valence-corrected chi connectivity index (χ4v) is 3.25. The molecule has 1 amide bonds. The van der Waals surface area contributed by atoms with Crippen LogP contribution >= 0.6 is 11.3 Å². The second-order valence-electron chi connectivity index (χ2n) is 5.66. The summed E-state index contributed by atoms with van der Waals surface area (Å²) in [7, 11) is 1.58. The van der Waals surface area contributed by atoms with E-state index in [1.807, 2.05) is 5.38 Å². The minimum Gasteiger partial charge on any atom is -0.497 e. The summed E-state index contributed by atoms with van der Waals surface area (Å²) in [5.41, 5.74) is 2.22. The average molecular weight is 383 g/mol. The van der Waals surface area contributed by atoms with Crippen molar-refractivity contribution in [1.82, 2.24) is 10.3 Å². The maximum absolute atomic E-state index is 12.1. The molecule has 0 atom stereocenters. The monoisotopic (exact) mass is 383 g/mol. The molecule has 1 aromatic heterocycles. The van der Waals surface area contributed by atoms with Gasteiger partial charge >= 0.3 is 0 Å². The van der Waals surface area contributed by atoms with Gasteiger partial charge in [0.25, 0.3) is 11.6 Å². The second kappa shape index (κ2) is 8.41. The van der Waals surface area contributed by atoms with Gasteiger partial charge < -0.3 is 10.1 Å². The molecule has 3 rings (SSSR count). The molecule has 0 radical (unpaired) electrons. The van der Waals surface area contributed by atoms with Crippen LogP contribution in [0.4, 0.5) is 5.69 Å². The van der Waals surface area contributed by atoms with E-state index in [0.717, 1.165) is 16.3 Å². The highest BCUT2D eigenvalue weighted by molar-refractivity contribution is 7.09. The van der Waals surface area contributed by atoms with E-state index in [9.17, 15) is 14.9 Å². The van der Waals surface area contributed by atoms with Crippen molar-refractivity contribution < 1.29 is 14.5 Å². The quantitative estimate of drug-likeness (QED) is 0.496. The van der Waals surface area contributed by atoms with Gasteiger partial charge in [-0.05, 0) is 36.4 Å². The Hall–Kier alpha value is -3.26. The number of rotatable bonds is 7. The summed E-state index contributed by atoms with van der Waals surface area (Å²) in [6.07, 6.45) is 0.611. The van der Waals surface area contributed by atoms with E-state index in [4.69, 9.17) is 4.74 Å². The van der Waals surface area contributed by atoms with Gasteiger partial charge in [-0.15, -0.1) is 11.3 Å². The van der Waals surface area contributed by atoms with Gasteiger partial charge in [-0.1, -0.05) is 0 Å². The van der Waals surface area contributed by atoms with Crippen LogP contribution in [0, 0.1) is 10.1 Å². The summed E-state index contributed by atoms with van der Waals surface area (Å²) in [5, 5.41) is 16.4. The number of hydrogen-bond acceptors (Lipinski definition) is 6. The van der Waals surface area contributed by atoms with E-state index in [-0.39, 0.29) is 11.6 Å². The van der Waals surface area contributed by atoms with Gasteiger partial charge in [0.05, 0.1) is 22.7 Å². The molecular formula is C19H17N3O4S. The van der Waals surface area contributed by atoms with Gasteiger partial charge in [0.2, 0.25) is 0 Å². The van der Waals surface area contributed by atoms with Crippen molar-refractivity contribution >= 4 is 22.9 Å². The van der Waals surface area contributed by atoms with Crippen LogP contribution in [0.25, 0.3) is 11.3 Å². The summed E-state index contributed by atoms with van der Waals surface area (Å²) in [5.74, 6) is 0.554. The number of aromatic nitrogens is 1. The zero-order valence-corrected chi connectivity index (χ0v) is 15.4. The Kier molecular flexibility index (Phi) is 5.77. The fraction of sp³-hybridized carbons (Fsp3) is 0.158. The third-order valence-electron chi connectivity index (χ3n) is 3.90. The summed E-state index contributed by atoms with van der Waals surface area (Å²) in [6, 6.07) is 13.2. The molecule has 0 saturated carbocycles. The predicted molar refractivity (Wildman–Crippen MR) is 103 cm³/mol. The van der Waals surface area contributed by atoms with Crippen LogP contribution in [-0.2, 0) is 6.42 Å². The number of carbonyl (C=O) groups is 1. The van der Waals surface area contributed by atoms with Crippen molar-refractivity contribution in [3.63, 3.8) is 0 Å². The summed E-state index contributed by atoms with van der Waals surface area (Å²) >= 11 is 1.49. The largest absolute Gasteiger partial charge is 0.497 e. The van der Waals surface area contributed by atoms with Gasteiger partial charge in [0, 0.05) is 41.6 Å². The number of thiazole rings is 1. The normalized spacial score (nSPS) is 10.4. The number of ether oxygens (including phenoxy) is 1. The van der Waals surface area contributed by atoms with Crippen molar-refractivity contribution in [3.8, 4) is 17.0 Å². The lowest BCUT2D eigenvalue weighted by atomic mass is 10.1. The first-order valence-electron chi connectivity index (χ1n) is 8.18. The number of nitrogens with zero attached hydrogens (tertiary/aromatic N) is 2. The van der Waals surface area contributed by atoms with Gasteiger partial charge in [0.15, 0.2) is 0 Å². The molecule has 0 aliphatic heterocycles. The third-order valence-corrected chi connectivity index (χ3v) is 4.81. The van der Waals surface area contributed by atoms with E-state index in [1.165, 1.54) is 23.5 Å². The fourth-order valence-electron chi connectivity index (χ4n) is 2.44. The van der Waals surface area contributed by atoms with Crippen LogP contribution in [0.3, 0.4) is 0 Å². The first kappa shape index (κ1) is 18.5. The Morgan fingerprint density at radius 3 is 2.52 bits per heavy atom. The van der Waals surface area contributed by atoms with Gasteiger partial charge in [-0.3, -0.25) is 14.9 Å². The highest BCUT2D eigenvalue weighted by Gasteiger charge is 2.09. The van der Waals surface area contributed by atoms with Crippen molar-refractivity contribution in [2.75, 3.05) is 13.7 Å². The van der Waals surface area contributed by atoms with E-state index in [1.54, 1.807) is 43.5 Å². The van der Waals surface area contributed by atoms with E-state index in [2.05, 4.69) is 10.3 Å². The molecule has 7 nitrogen and oxygen atoms in total. The van der Waals surface area contributed by atoms with Crippen molar-refractivity contribution in [2.24, 2.45) is 0 Å². The maximum Gasteiger partial charge on any atom is 0.269 e.